The van der Waals surface area contributed by atoms with Gasteiger partial charge in [-0.2, -0.15) is 5.26 Å². The van der Waals surface area contributed by atoms with Gasteiger partial charge in [-0.25, -0.2) is 18.1 Å². The number of nitrogens with zero attached hydrogens (tertiary/aromatic N) is 3. The van der Waals surface area contributed by atoms with Gasteiger partial charge in [0.2, 0.25) is 10.0 Å². The molecule has 2 fully saturated rings. The van der Waals surface area contributed by atoms with Crippen LogP contribution >= 0.6 is 0 Å². The lowest BCUT2D eigenvalue weighted by Crippen LogP contribution is -2.34. The predicted molar refractivity (Wildman–Crippen MR) is 115 cm³/mol. The van der Waals surface area contributed by atoms with Crippen molar-refractivity contribution in [2.45, 2.75) is 62.4 Å². The standard InChI is InChI=1S/C23H24N4O2S/c1-15-12-19-20(13-24)21(27(17-4-3-5-17)22(19)25-14-15)16-6-8-18(9-7-16)30(28,29)26-23(2)10-11-23/h6-9,12,14,17,26H,3-5,10-11H2,1-2H3. The van der Waals surface area contributed by atoms with Crippen LogP contribution in [0.3, 0.4) is 0 Å². The fourth-order valence-electron chi connectivity index (χ4n) is 4.15. The van der Waals surface area contributed by atoms with Gasteiger partial charge in [0.25, 0.3) is 0 Å². The Bertz CT molecular complexity index is 1290. The van der Waals surface area contributed by atoms with E-state index in [2.05, 4.69) is 20.3 Å². The number of nitriles is 1. The van der Waals surface area contributed by atoms with Crippen molar-refractivity contribution in [2.24, 2.45) is 0 Å². The highest BCUT2D eigenvalue weighted by Gasteiger charge is 2.41. The average molecular weight is 421 g/mol. The van der Waals surface area contributed by atoms with Crippen molar-refractivity contribution in [3.63, 3.8) is 0 Å². The second-order valence-electron chi connectivity index (χ2n) is 8.86. The lowest BCUT2D eigenvalue weighted by molar-refractivity contribution is 0.323. The summed E-state index contributed by atoms with van der Waals surface area (Å²) < 4.78 is 30.3. The predicted octanol–water partition coefficient (Wildman–Crippen LogP) is 4.44. The van der Waals surface area contributed by atoms with E-state index >= 15 is 0 Å². The monoisotopic (exact) mass is 420 g/mol. The van der Waals surface area contributed by atoms with Crippen LogP contribution < -0.4 is 4.72 Å². The Balaban J connectivity index is 1.63. The van der Waals surface area contributed by atoms with Gasteiger partial charge in [-0.1, -0.05) is 12.1 Å². The molecule has 2 heterocycles. The number of aryl methyl sites for hydroxylation is 1. The van der Waals surface area contributed by atoms with E-state index in [1.54, 1.807) is 24.3 Å². The van der Waals surface area contributed by atoms with Gasteiger partial charge in [0.1, 0.15) is 11.7 Å². The van der Waals surface area contributed by atoms with Crippen molar-refractivity contribution in [3.8, 4) is 17.3 Å². The Hall–Kier alpha value is -2.69. The number of benzene rings is 1. The quantitative estimate of drug-likeness (QED) is 0.661. The van der Waals surface area contributed by atoms with Crippen LogP contribution in [0.2, 0.25) is 0 Å². The van der Waals surface area contributed by atoms with E-state index in [9.17, 15) is 13.7 Å². The summed E-state index contributed by atoms with van der Waals surface area (Å²) in [4.78, 5) is 4.90. The molecule has 0 aliphatic heterocycles. The third-order valence-electron chi connectivity index (χ3n) is 6.35. The Morgan fingerprint density at radius 3 is 2.50 bits per heavy atom. The summed E-state index contributed by atoms with van der Waals surface area (Å²) in [5.41, 5.74) is 3.81. The molecule has 0 amide bonds. The molecule has 2 aliphatic rings. The van der Waals surface area contributed by atoms with E-state index < -0.39 is 10.0 Å². The van der Waals surface area contributed by atoms with Gasteiger partial charge in [0.15, 0.2) is 0 Å². The van der Waals surface area contributed by atoms with Gasteiger partial charge in [0.05, 0.1) is 16.2 Å². The fourth-order valence-corrected chi connectivity index (χ4v) is 5.62. The molecule has 0 bridgehead atoms. The molecule has 2 aromatic heterocycles. The lowest BCUT2D eigenvalue weighted by atomic mass is 9.92. The smallest absolute Gasteiger partial charge is 0.241 e. The van der Waals surface area contributed by atoms with E-state index in [4.69, 9.17) is 0 Å². The topological polar surface area (TPSA) is 87.8 Å². The van der Waals surface area contributed by atoms with Gasteiger partial charge in [0, 0.05) is 23.2 Å². The minimum atomic E-state index is -3.55. The largest absolute Gasteiger partial charge is 0.321 e. The molecule has 2 aliphatic carbocycles. The first-order valence-corrected chi connectivity index (χ1v) is 11.8. The molecule has 0 radical (unpaired) electrons. The third kappa shape index (κ3) is 3.11. The Morgan fingerprint density at radius 2 is 1.93 bits per heavy atom. The Labute approximate surface area is 176 Å². The van der Waals surface area contributed by atoms with Crippen LogP contribution in [0.1, 0.15) is 56.2 Å². The number of pyridine rings is 1. The third-order valence-corrected chi connectivity index (χ3v) is 8.00. The number of hydrogen-bond acceptors (Lipinski definition) is 4. The Kier molecular flexibility index (Phi) is 4.28. The number of fused-ring (bicyclic) bond motifs is 1. The first-order valence-electron chi connectivity index (χ1n) is 10.4. The lowest BCUT2D eigenvalue weighted by Gasteiger charge is -2.29. The SMILES string of the molecule is Cc1cnc2c(c1)c(C#N)c(-c1ccc(S(=O)(=O)NC3(C)CC3)cc1)n2C1CCC1. The first kappa shape index (κ1) is 19.3. The molecule has 0 saturated heterocycles. The van der Waals surface area contributed by atoms with Crippen molar-refractivity contribution < 1.29 is 8.42 Å². The number of nitrogens with one attached hydrogen (secondary N) is 1. The number of rotatable bonds is 5. The van der Waals surface area contributed by atoms with E-state index in [1.807, 2.05) is 26.1 Å². The van der Waals surface area contributed by atoms with Crippen molar-refractivity contribution in [1.82, 2.24) is 14.3 Å². The molecule has 1 N–H and O–H groups in total. The van der Waals surface area contributed by atoms with Gasteiger partial charge in [-0.15, -0.1) is 0 Å². The van der Waals surface area contributed by atoms with Crippen LogP contribution in [0.15, 0.2) is 41.4 Å². The fraction of sp³-hybridized carbons (Fsp3) is 0.391. The van der Waals surface area contributed by atoms with E-state index in [-0.39, 0.29) is 10.4 Å². The van der Waals surface area contributed by atoms with Crippen LogP contribution in [-0.2, 0) is 10.0 Å². The van der Waals surface area contributed by atoms with Gasteiger partial charge in [-0.3, -0.25) is 0 Å². The molecule has 7 heteroatoms. The van der Waals surface area contributed by atoms with Crippen LogP contribution in [0, 0.1) is 18.3 Å². The van der Waals surface area contributed by atoms with Gasteiger partial charge >= 0.3 is 0 Å². The summed E-state index contributed by atoms with van der Waals surface area (Å²) in [7, 11) is -3.55. The second-order valence-corrected chi connectivity index (χ2v) is 10.5. The van der Waals surface area contributed by atoms with Crippen molar-refractivity contribution >= 4 is 21.1 Å². The van der Waals surface area contributed by atoms with Crippen molar-refractivity contribution in [3.05, 3.63) is 47.7 Å². The van der Waals surface area contributed by atoms with Crippen LogP contribution in [0.25, 0.3) is 22.3 Å². The molecular formula is C23H24N4O2S. The van der Waals surface area contributed by atoms with E-state index in [1.165, 1.54) is 6.42 Å². The molecule has 3 aromatic rings. The summed E-state index contributed by atoms with van der Waals surface area (Å²) in [5.74, 6) is 0. The molecule has 30 heavy (non-hydrogen) atoms. The second kappa shape index (κ2) is 6.66. The van der Waals surface area contributed by atoms with Gasteiger partial charge < -0.3 is 4.57 Å². The van der Waals surface area contributed by atoms with Crippen LogP contribution in [0.5, 0.6) is 0 Å². The molecule has 2 saturated carbocycles. The molecule has 0 unspecified atom stereocenters. The summed E-state index contributed by atoms with van der Waals surface area (Å²) in [5, 5.41) is 10.8. The molecule has 154 valence electrons. The number of sulfonamides is 1. The maximum atomic E-state index is 12.7. The Morgan fingerprint density at radius 1 is 1.23 bits per heavy atom. The zero-order chi connectivity index (χ0) is 21.1. The van der Waals surface area contributed by atoms with Crippen LogP contribution in [0.4, 0.5) is 0 Å². The summed E-state index contributed by atoms with van der Waals surface area (Å²) in [6, 6.07) is 11.6. The highest BCUT2D eigenvalue weighted by molar-refractivity contribution is 7.89. The molecule has 1 aromatic carbocycles. The van der Waals surface area contributed by atoms with Crippen LogP contribution in [-0.4, -0.2) is 23.5 Å². The maximum Gasteiger partial charge on any atom is 0.241 e. The number of hydrogen-bond donors (Lipinski definition) is 1. The maximum absolute atomic E-state index is 12.7. The highest BCUT2D eigenvalue weighted by atomic mass is 32.2. The van der Waals surface area contributed by atoms with E-state index in [0.717, 1.165) is 53.5 Å². The summed E-state index contributed by atoms with van der Waals surface area (Å²) in [6.07, 6.45) is 6.85. The van der Waals surface area contributed by atoms with Gasteiger partial charge in [-0.05, 0) is 75.3 Å². The summed E-state index contributed by atoms with van der Waals surface area (Å²) in [6.45, 7) is 3.89. The molecular weight excluding hydrogens is 396 g/mol. The molecule has 0 atom stereocenters. The minimum Gasteiger partial charge on any atom is -0.321 e. The van der Waals surface area contributed by atoms with Crippen molar-refractivity contribution in [2.75, 3.05) is 0 Å². The molecule has 0 spiro atoms. The number of aromatic nitrogens is 2. The first-order chi connectivity index (χ1) is 14.3. The molecule has 5 rings (SSSR count). The highest BCUT2D eigenvalue weighted by Crippen LogP contribution is 2.42. The average Bonchev–Trinajstić information content (AvgIpc) is 3.30. The summed E-state index contributed by atoms with van der Waals surface area (Å²) >= 11 is 0. The molecule has 6 nitrogen and oxygen atoms in total. The minimum absolute atomic E-state index is 0.248. The van der Waals surface area contributed by atoms with Crippen molar-refractivity contribution in [1.29, 1.82) is 5.26 Å². The zero-order valence-corrected chi connectivity index (χ0v) is 18.0. The normalized spacial score (nSPS) is 18.2. The zero-order valence-electron chi connectivity index (χ0n) is 17.1. The van der Waals surface area contributed by atoms with E-state index in [0.29, 0.717) is 11.6 Å².